The zero-order valence-corrected chi connectivity index (χ0v) is 15.7. The Morgan fingerprint density at radius 1 is 1.36 bits per heavy atom. The summed E-state index contributed by atoms with van der Waals surface area (Å²) < 4.78 is 25.3. The van der Waals surface area contributed by atoms with Gasteiger partial charge in [0.05, 0.1) is 17.7 Å². The van der Waals surface area contributed by atoms with Crippen LogP contribution in [0.1, 0.15) is 25.7 Å². The molecule has 1 unspecified atom stereocenters. The summed E-state index contributed by atoms with van der Waals surface area (Å²) in [6.07, 6.45) is 7.59. The third-order valence-corrected chi connectivity index (χ3v) is 6.99. The molecule has 0 radical (unpaired) electrons. The smallest absolute Gasteiger partial charge is 0.142 e. The van der Waals surface area contributed by atoms with E-state index in [0.29, 0.717) is 30.1 Å². The summed E-state index contributed by atoms with van der Waals surface area (Å²) in [5, 5.41) is 1.04. The van der Waals surface area contributed by atoms with E-state index in [0.717, 1.165) is 42.5 Å². The molecular weight excluding hydrogens is 338 g/mol. The summed E-state index contributed by atoms with van der Waals surface area (Å²) in [6.45, 7) is 0.404. The van der Waals surface area contributed by atoms with Gasteiger partial charge in [0.2, 0.25) is 0 Å². The Balaban J connectivity index is 1.60. The van der Waals surface area contributed by atoms with Gasteiger partial charge in [-0.2, -0.15) is 0 Å². The second kappa shape index (κ2) is 7.70. The van der Waals surface area contributed by atoms with E-state index in [1.807, 2.05) is 12.3 Å². The van der Waals surface area contributed by atoms with Crippen molar-refractivity contribution in [3.63, 3.8) is 0 Å². The highest BCUT2D eigenvalue weighted by Crippen LogP contribution is 2.32. The third kappa shape index (κ3) is 4.30. The molecule has 0 amide bonds. The highest BCUT2D eigenvalue weighted by molar-refractivity contribution is 7.92. The third-order valence-electron chi connectivity index (χ3n) is 5.15. The van der Waals surface area contributed by atoms with Crippen LogP contribution in [-0.2, 0) is 14.5 Å². The van der Waals surface area contributed by atoms with Gasteiger partial charge >= 0.3 is 0 Å². The van der Waals surface area contributed by atoms with Gasteiger partial charge < -0.3 is 14.6 Å². The molecule has 7 nitrogen and oxygen atoms in total. The number of anilines is 1. The molecule has 0 aromatic carbocycles. The first-order valence-corrected chi connectivity index (χ1v) is 10.6. The number of nitrogens with one attached hydrogen (secondary N) is 2. The standard InChI is InChI=1S/C17H27N5O2S/c1-22(17-15-7-8-19-16(15)20-12-21-17)14-5-3-13(4-6-14)11-25(18,23)10-9-24-2/h7-8,12-14,18H,3-6,9-11H2,1-2H3,(H,19,20,21). The summed E-state index contributed by atoms with van der Waals surface area (Å²) in [6, 6.07) is 2.43. The lowest BCUT2D eigenvalue weighted by Crippen LogP contribution is -2.37. The predicted molar refractivity (Wildman–Crippen MR) is 101 cm³/mol. The molecule has 2 aromatic heterocycles. The van der Waals surface area contributed by atoms with Gasteiger partial charge in [-0.1, -0.05) is 0 Å². The number of H-pyrrole nitrogens is 1. The van der Waals surface area contributed by atoms with Crippen LogP contribution in [0.3, 0.4) is 0 Å². The number of nitrogens with zero attached hydrogens (tertiary/aromatic N) is 3. The molecule has 3 rings (SSSR count). The summed E-state index contributed by atoms with van der Waals surface area (Å²) in [5.74, 6) is 2.18. The van der Waals surface area contributed by atoms with Gasteiger partial charge in [0.1, 0.15) is 17.8 Å². The number of methoxy groups -OCH3 is 1. The Morgan fingerprint density at radius 2 is 2.12 bits per heavy atom. The molecule has 1 atom stereocenters. The number of aromatic nitrogens is 3. The molecular formula is C17H27N5O2S. The van der Waals surface area contributed by atoms with Crippen molar-refractivity contribution in [3.05, 3.63) is 18.6 Å². The lowest BCUT2D eigenvalue weighted by molar-refractivity contribution is 0.217. The Morgan fingerprint density at radius 3 is 2.84 bits per heavy atom. The lowest BCUT2D eigenvalue weighted by atomic mass is 9.86. The van der Waals surface area contributed by atoms with Crippen LogP contribution in [0, 0.1) is 10.7 Å². The van der Waals surface area contributed by atoms with Crippen molar-refractivity contribution in [2.24, 2.45) is 5.92 Å². The fourth-order valence-corrected chi connectivity index (χ4v) is 5.39. The van der Waals surface area contributed by atoms with Gasteiger partial charge in [-0.15, -0.1) is 0 Å². The quantitative estimate of drug-likeness (QED) is 0.786. The molecule has 1 saturated carbocycles. The fraction of sp³-hybridized carbons (Fsp3) is 0.647. The number of hydrogen-bond donors (Lipinski definition) is 2. The maximum atomic E-state index is 12.3. The second-order valence-electron chi connectivity index (χ2n) is 6.90. The van der Waals surface area contributed by atoms with Gasteiger partial charge in [0.15, 0.2) is 0 Å². The van der Waals surface area contributed by atoms with Crippen LogP contribution in [0.25, 0.3) is 11.0 Å². The molecule has 0 bridgehead atoms. The van der Waals surface area contributed by atoms with Crippen LogP contribution in [0.5, 0.6) is 0 Å². The van der Waals surface area contributed by atoms with E-state index in [2.05, 4.69) is 26.9 Å². The largest absolute Gasteiger partial charge is 0.384 e. The van der Waals surface area contributed by atoms with Crippen molar-refractivity contribution in [3.8, 4) is 0 Å². The SMILES string of the molecule is COCCS(=N)(=O)CC1CCC(N(C)c2ncnc3[nH]ccc23)CC1. The van der Waals surface area contributed by atoms with Crippen LogP contribution >= 0.6 is 0 Å². The van der Waals surface area contributed by atoms with Crippen molar-refractivity contribution in [2.45, 2.75) is 31.7 Å². The Kier molecular flexibility index (Phi) is 5.58. The lowest BCUT2D eigenvalue weighted by Gasteiger charge is -2.35. The van der Waals surface area contributed by atoms with E-state index in [4.69, 9.17) is 9.52 Å². The highest BCUT2D eigenvalue weighted by atomic mass is 32.2. The monoisotopic (exact) mass is 365 g/mol. The molecule has 0 spiro atoms. The van der Waals surface area contributed by atoms with E-state index in [9.17, 15) is 4.21 Å². The van der Waals surface area contributed by atoms with Gasteiger partial charge in [0, 0.05) is 41.9 Å². The van der Waals surface area contributed by atoms with Gasteiger partial charge in [-0.05, 0) is 37.7 Å². The molecule has 2 N–H and O–H groups in total. The average Bonchev–Trinajstić information content (AvgIpc) is 3.08. The fourth-order valence-electron chi connectivity index (χ4n) is 3.69. The predicted octanol–water partition coefficient (Wildman–Crippen LogP) is 2.65. The van der Waals surface area contributed by atoms with E-state index in [1.165, 1.54) is 0 Å². The second-order valence-corrected chi connectivity index (χ2v) is 9.26. The van der Waals surface area contributed by atoms with E-state index >= 15 is 0 Å². The molecule has 1 fully saturated rings. The number of fused-ring (bicyclic) bond motifs is 1. The summed E-state index contributed by atoms with van der Waals surface area (Å²) >= 11 is 0. The Hall–Kier alpha value is -1.67. The molecule has 138 valence electrons. The van der Waals surface area contributed by atoms with Gasteiger partial charge in [-0.25, -0.2) is 14.2 Å². The molecule has 2 aromatic rings. The van der Waals surface area contributed by atoms with E-state index in [-0.39, 0.29) is 0 Å². The minimum atomic E-state index is -2.52. The van der Waals surface area contributed by atoms with Crippen molar-refractivity contribution in [2.75, 3.05) is 37.2 Å². The molecule has 1 aliphatic rings. The van der Waals surface area contributed by atoms with Crippen LogP contribution in [0.2, 0.25) is 0 Å². The van der Waals surface area contributed by atoms with Crippen LogP contribution in [-0.4, -0.2) is 57.5 Å². The first-order valence-electron chi connectivity index (χ1n) is 8.74. The van der Waals surface area contributed by atoms with Crippen LogP contribution in [0.15, 0.2) is 18.6 Å². The van der Waals surface area contributed by atoms with Crippen molar-refractivity contribution in [1.82, 2.24) is 15.0 Å². The topological polar surface area (TPSA) is 95.0 Å². The molecule has 25 heavy (non-hydrogen) atoms. The molecule has 8 heteroatoms. The van der Waals surface area contributed by atoms with Gasteiger partial charge in [-0.3, -0.25) is 4.78 Å². The van der Waals surface area contributed by atoms with Crippen LogP contribution in [0.4, 0.5) is 5.82 Å². The normalized spacial score (nSPS) is 23.4. The van der Waals surface area contributed by atoms with Gasteiger partial charge in [0.25, 0.3) is 0 Å². The molecule has 2 heterocycles. The number of rotatable bonds is 7. The van der Waals surface area contributed by atoms with E-state index in [1.54, 1.807) is 13.4 Å². The highest BCUT2D eigenvalue weighted by Gasteiger charge is 2.27. The summed E-state index contributed by atoms with van der Waals surface area (Å²) in [7, 11) is 1.16. The zero-order valence-electron chi connectivity index (χ0n) is 14.9. The maximum absolute atomic E-state index is 12.3. The number of aromatic amines is 1. The molecule has 0 saturated heterocycles. The summed E-state index contributed by atoms with van der Waals surface area (Å²) in [5.41, 5.74) is 0.859. The average molecular weight is 366 g/mol. The van der Waals surface area contributed by atoms with Crippen molar-refractivity contribution >= 4 is 26.6 Å². The van der Waals surface area contributed by atoms with E-state index < -0.39 is 9.73 Å². The Labute approximate surface area is 149 Å². The Bertz CT molecular complexity index is 796. The molecule has 1 aliphatic carbocycles. The minimum absolute atomic E-state index is 0.343. The first kappa shape index (κ1) is 18.1. The van der Waals surface area contributed by atoms with Crippen LogP contribution < -0.4 is 4.90 Å². The maximum Gasteiger partial charge on any atom is 0.142 e. The zero-order chi connectivity index (χ0) is 17.9. The summed E-state index contributed by atoms with van der Waals surface area (Å²) in [4.78, 5) is 14.1. The van der Waals surface area contributed by atoms with Crippen molar-refractivity contribution < 1.29 is 8.95 Å². The number of ether oxygens (including phenoxy) is 1. The molecule has 0 aliphatic heterocycles. The minimum Gasteiger partial charge on any atom is -0.384 e. The van der Waals surface area contributed by atoms with Crippen molar-refractivity contribution in [1.29, 1.82) is 4.78 Å². The number of hydrogen-bond acceptors (Lipinski definition) is 6. The first-order chi connectivity index (χ1) is 12.0.